The number of hydrogen-bond acceptors (Lipinski definition) is 1. The fraction of sp³-hybridized carbons (Fsp3) is 0. The molecule has 64 valence electrons. The Morgan fingerprint density at radius 1 is 1.58 bits per heavy atom. The van der Waals surface area contributed by atoms with Crippen LogP contribution in [-0.4, -0.2) is 5.91 Å². The maximum atomic E-state index is 12.9. The van der Waals surface area contributed by atoms with E-state index in [2.05, 4.69) is 15.9 Å². The van der Waals surface area contributed by atoms with Crippen LogP contribution in [0.2, 0.25) is 5.02 Å². The summed E-state index contributed by atoms with van der Waals surface area (Å²) in [6, 6.07) is 2.28. The molecule has 1 rings (SSSR count). The molecule has 1 aromatic carbocycles. The highest BCUT2D eigenvalue weighted by atomic mass is 79.9. The molecular weight excluding hydrogens is 248 g/mol. The largest absolute Gasteiger partial charge is 0.366 e. The smallest absolute Gasteiger partial charge is 0.251 e. The molecule has 0 aromatic heterocycles. The Morgan fingerprint density at radius 2 is 2.17 bits per heavy atom. The van der Waals surface area contributed by atoms with Gasteiger partial charge in [0.2, 0.25) is 0 Å². The van der Waals surface area contributed by atoms with Crippen molar-refractivity contribution in [3.63, 3.8) is 0 Å². The van der Waals surface area contributed by atoms with Crippen LogP contribution in [0.4, 0.5) is 4.39 Å². The van der Waals surface area contributed by atoms with E-state index >= 15 is 0 Å². The number of rotatable bonds is 1. The summed E-state index contributed by atoms with van der Waals surface area (Å²) in [6.07, 6.45) is 0. The zero-order valence-corrected chi connectivity index (χ0v) is 8.12. The van der Waals surface area contributed by atoms with Crippen LogP contribution in [0.5, 0.6) is 0 Å². The molecule has 0 aliphatic carbocycles. The zero-order chi connectivity index (χ0) is 9.30. The highest BCUT2D eigenvalue weighted by Gasteiger charge is 2.10. The van der Waals surface area contributed by atoms with Gasteiger partial charge < -0.3 is 5.73 Å². The third-order valence-electron chi connectivity index (χ3n) is 1.28. The summed E-state index contributed by atoms with van der Waals surface area (Å²) in [7, 11) is 0. The number of carbonyl (C=O) groups excluding carboxylic acids is 1. The van der Waals surface area contributed by atoms with Gasteiger partial charge in [-0.15, -0.1) is 0 Å². The lowest BCUT2D eigenvalue weighted by Gasteiger charge is -2.00. The van der Waals surface area contributed by atoms with Gasteiger partial charge in [-0.25, -0.2) is 4.39 Å². The maximum absolute atomic E-state index is 12.9. The summed E-state index contributed by atoms with van der Waals surface area (Å²) < 4.78 is 13.3. The molecule has 2 nitrogen and oxygen atoms in total. The molecule has 0 saturated carbocycles. The molecule has 2 N–H and O–H groups in total. The van der Waals surface area contributed by atoms with Crippen LogP contribution < -0.4 is 5.73 Å². The minimum Gasteiger partial charge on any atom is -0.366 e. The minimum atomic E-state index is -0.832. The fourth-order valence-corrected chi connectivity index (χ4v) is 1.19. The molecule has 0 aliphatic rings. The summed E-state index contributed by atoms with van der Waals surface area (Å²) in [5.74, 6) is -1.51. The average molecular weight is 252 g/mol. The van der Waals surface area contributed by atoms with Crippen molar-refractivity contribution in [3.8, 4) is 0 Å². The highest BCUT2D eigenvalue weighted by molar-refractivity contribution is 9.10. The summed E-state index contributed by atoms with van der Waals surface area (Å²) in [4.78, 5) is 10.6. The van der Waals surface area contributed by atoms with Gasteiger partial charge in [0, 0.05) is 4.47 Å². The molecule has 0 heterocycles. The van der Waals surface area contributed by atoms with Crippen molar-refractivity contribution in [1.82, 2.24) is 0 Å². The number of hydrogen-bond donors (Lipinski definition) is 1. The topological polar surface area (TPSA) is 43.1 Å². The molecule has 0 spiro atoms. The van der Waals surface area contributed by atoms with E-state index in [-0.39, 0.29) is 10.6 Å². The molecular formula is C7H4BrClFNO. The molecule has 1 aromatic rings. The lowest BCUT2D eigenvalue weighted by Crippen LogP contribution is -2.13. The summed E-state index contributed by atoms with van der Waals surface area (Å²) >= 11 is 8.61. The lowest BCUT2D eigenvalue weighted by atomic mass is 10.2. The van der Waals surface area contributed by atoms with Crippen molar-refractivity contribution in [2.24, 2.45) is 5.73 Å². The third-order valence-corrected chi connectivity index (χ3v) is 2.47. The first-order chi connectivity index (χ1) is 5.52. The molecule has 0 bridgehead atoms. The number of benzene rings is 1. The zero-order valence-electron chi connectivity index (χ0n) is 5.77. The number of carbonyl (C=O) groups is 1. The van der Waals surface area contributed by atoms with Gasteiger partial charge in [0.05, 0.1) is 10.6 Å². The standard InChI is InChI=1S/C7H4BrClFNO/c8-4-2-6(10)3(7(11)12)1-5(4)9/h1-2H,(H2,11,12). The predicted molar refractivity (Wildman–Crippen MR) is 47.6 cm³/mol. The van der Waals surface area contributed by atoms with E-state index in [1.165, 1.54) is 6.07 Å². The van der Waals surface area contributed by atoms with Crippen LogP contribution in [0, 0.1) is 5.82 Å². The highest BCUT2D eigenvalue weighted by Crippen LogP contribution is 2.25. The Balaban J connectivity index is 3.33. The predicted octanol–water partition coefficient (Wildman–Crippen LogP) is 2.34. The quantitative estimate of drug-likeness (QED) is 0.766. The molecule has 0 fully saturated rings. The number of amides is 1. The van der Waals surface area contributed by atoms with Gasteiger partial charge in [0.15, 0.2) is 0 Å². The second kappa shape index (κ2) is 3.41. The first-order valence-electron chi connectivity index (χ1n) is 2.96. The van der Waals surface area contributed by atoms with Crippen molar-refractivity contribution in [2.45, 2.75) is 0 Å². The summed E-state index contributed by atoms with van der Waals surface area (Å²) in [6.45, 7) is 0. The van der Waals surface area contributed by atoms with E-state index in [0.29, 0.717) is 4.47 Å². The van der Waals surface area contributed by atoms with Crippen LogP contribution in [0.3, 0.4) is 0 Å². The summed E-state index contributed by atoms with van der Waals surface area (Å²) in [5.41, 5.74) is 4.68. The molecule has 1 amide bonds. The second-order valence-electron chi connectivity index (χ2n) is 2.11. The van der Waals surface area contributed by atoms with Crippen molar-refractivity contribution in [2.75, 3.05) is 0 Å². The van der Waals surface area contributed by atoms with Crippen molar-refractivity contribution in [3.05, 3.63) is 33.0 Å². The third kappa shape index (κ3) is 1.76. The van der Waals surface area contributed by atoms with E-state index in [4.69, 9.17) is 17.3 Å². The molecule has 0 unspecified atom stereocenters. The molecule has 0 saturated heterocycles. The summed E-state index contributed by atoms with van der Waals surface area (Å²) in [5, 5.41) is 0.255. The minimum absolute atomic E-state index is 0.205. The van der Waals surface area contributed by atoms with Crippen LogP contribution in [0.1, 0.15) is 10.4 Å². The van der Waals surface area contributed by atoms with Gasteiger partial charge in [0.1, 0.15) is 5.82 Å². The fourth-order valence-electron chi connectivity index (χ4n) is 0.711. The Hall–Kier alpha value is -0.610. The van der Waals surface area contributed by atoms with E-state index < -0.39 is 11.7 Å². The van der Waals surface area contributed by atoms with E-state index in [1.807, 2.05) is 0 Å². The van der Waals surface area contributed by atoms with Gasteiger partial charge in [-0.2, -0.15) is 0 Å². The van der Waals surface area contributed by atoms with Crippen LogP contribution >= 0.6 is 27.5 Å². The molecule has 12 heavy (non-hydrogen) atoms. The normalized spacial score (nSPS) is 9.92. The van der Waals surface area contributed by atoms with E-state index in [9.17, 15) is 9.18 Å². The molecule has 0 atom stereocenters. The monoisotopic (exact) mass is 251 g/mol. The van der Waals surface area contributed by atoms with Crippen LogP contribution in [0.15, 0.2) is 16.6 Å². The van der Waals surface area contributed by atoms with Crippen molar-refractivity contribution >= 4 is 33.4 Å². The van der Waals surface area contributed by atoms with E-state index in [1.54, 1.807) is 0 Å². The number of nitrogens with two attached hydrogens (primary N) is 1. The number of halogens is 3. The van der Waals surface area contributed by atoms with Crippen molar-refractivity contribution in [1.29, 1.82) is 0 Å². The SMILES string of the molecule is NC(=O)c1cc(Cl)c(Br)cc1F. The Labute approximate surface area is 81.6 Å². The maximum Gasteiger partial charge on any atom is 0.251 e. The molecule has 0 radical (unpaired) electrons. The first kappa shape index (κ1) is 9.48. The number of primary amides is 1. The van der Waals surface area contributed by atoms with Crippen LogP contribution in [0.25, 0.3) is 0 Å². The first-order valence-corrected chi connectivity index (χ1v) is 4.14. The van der Waals surface area contributed by atoms with Gasteiger partial charge in [-0.3, -0.25) is 4.79 Å². The van der Waals surface area contributed by atoms with Crippen LogP contribution in [-0.2, 0) is 0 Å². The van der Waals surface area contributed by atoms with Gasteiger partial charge in [-0.1, -0.05) is 11.6 Å². The average Bonchev–Trinajstić information content (AvgIpc) is 1.96. The van der Waals surface area contributed by atoms with Gasteiger partial charge in [0.25, 0.3) is 5.91 Å². The molecule has 0 aliphatic heterocycles. The lowest BCUT2D eigenvalue weighted by molar-refractivity contribution is 0.0996. The van der Waals surface area contributed by atoms with Gasteiger partial charge >= 0.3 is 0 Å². The Morgan fingerprint density at radius 3 is 2.67 bits per heavy atom. The Kier molecular flexibility index (Phi) is 2.69. The molecule has 5 heteroatoms. The van der Waals surface area contributed by atoms with E-state index in [0.717, 1.165) is 6.07 Å². The second-order valence-corrected chi connectivity index (χ2v) is 3.37. The van der Waals surface area contributed by atoms with Gasteiger partial charge in [-0.05, 0) is 28.1 Å². The Bertz CT molecular complexity index is 342. The van der Waals surface area contributed by atoms with Crippen molar-refractivity contribution < 1.29 is 9.18 Å².